The molecule has 0 amide bonds. The first-order valence-electron chi connectivity index (χ1n) is 2.80. The summed E-state index contributed by atoms with van der Waals surface area (Å²) in [6.45, 7) is 3.43. The summed E-state index contributed by atoms with van der Waals surface area (Å²) in [6.07, 6.45) is 11.8. The van der Waals surface area contributed by atoms with Crippen molar-refractivity contribution in [1.29, 1.82) is 0 Å². The fourth-order valence-corrected chi connectivity index (χ4v) is 0.340. The maximum Gasteiger partial charge on any atom is 2.00 e. The third kappa shape index (κ3) is 18.0. The van der Waals surface area contributed by atoms with Crippen molar-refractivity contribution < 1.29 is 26.2 Å². The Kier molecular flexibility index (Phi) is 27.1. The van der Waals surface area contributed by atoms with Crippen molar-refractivity contribution in [2.24, 2.45) is 0 Å². The molecule has 0 nitrogen and oxygen atoms in total. The van der Waals surface area contributed by atoms with Gasteiger partial charge in [0.25, 0.3) is 0 Å². The molecule has 0 N–H and O–H groups in total. The third-order valence-corrected chi connectivity index (χ3v) is 1.15. The molecule has 0 radical (unpaired) electrons. The second-order valence-electron chi connectivity index (χ2n) is 1.45. The van der Waals surface area contributed by atoms with E-state index in [2.05, 4.69) is 34.7 Å². The Bertz CT molecular complexity index is 107. The molecule has 0 unspecified atom stereocenters. The summed E-state index contributed by atoms with van der Waals surface area (Å²) in [5.41, 5.74) is 0. The molecule has 1 rings (SSSR count). The molecule has 0 saturated carbocycles. The fourth-order valence-electron chi connectivity index (χ4n) is 0.340. The van der Waals surface area contributed by atoms with E-state index in [1.54, 1.807) is 6.08 Å². The fraction of sp³-hybridized carbons (Fsp3) is 0.222. The predicted molar refractivity (Wildman–Crippen MR) is 52.0 cm³/mol. The van der Waals surface area contributed by atoms with E-state index in [1.807, 2.05) is 12.2 Å². The van der Waals surface area contributed by atoms with Crippen molar-refractivity contribution in [3.05, 3.63) is 44.4 Å². The zero-order valence-electron chi connectivity index (χ0n) is 6.81. The van der Waals surface area contributed by atoms with Gasteiger partial charge in [0.15, 0.2) is 0 Å². The van der Waals surface area contributed by atoms with Crippen LogP contribution in [0.4, 0.5) is 0 Å². The van der Waals surface area contributed by atoms with Crippen LogP contribution in [0.1, 0.15) is 6.42 Å². The largest absolute Gasteiger partial charge is 2.00 e. The molecule has 2 heteroatoms. The van der Waals surface area contributed by atoms with E-state index >= 15 is 0 Å². The van der Waals surface area contributed by atoms with E-state index in [4.69, 9.17) is 0 Å². The second kappa shape index (κ2) is 16.9. The van der Waals surface area contributed by atoms with Gasteiger partial charge in [-0.15, -0.1) is 13.0 Å². The summed E-state index contributed by atoms with van der Waals surface area (Å²) in [7, 11) is 0. The van der Waals surface area contributed by atoms with Crippen LogP contribution in [0.2, 0.25) is 0 Å². The molecule has 0 aliphatic heterocycles. The van der Waals surface area contributed by atoms with Crippen LogP contribution < -0.4 is 0 Å². The number of halogens is 1. The van der Waals surface area contributed by atoms with Crippen LogP contribution in [0.15, 0.2) is 30.9 Å². The molecule has 0 bridgehead atoms. The molecule has 0 fully saturated rings. The minimum Gasteiger partial charge on any atom is -0.358 e. The molecule has 11 heavy (non-hydrogen) atoms. The summed E-state index contributed by atoms with van der Waals surface area (Å²) >= 11 is 3.13. The van der Waals surface area contributed by atoms with Gasteiger partial charge in [0.05, 0.1) is 0 Å². The Morgan fingerprint density at radius 3 is 2.27 bits per heavy atom. The zero-order chi connectivity index (χ0) is 6.95. The van der Waals surface area contributed by atoms with E-state index < -0.39 is 0 Å². The van der Waals surface area contributed by atoms with Gasteiger partial charge in [-0.25, -0.2) is 12.2 Å². The molecule has 1 aliphatic carbocycles. The normalized spacial score (nSPS) is 10.3. The van der Waals surface area contributed by atoms with E-state index in [9.17, 15) is 0 Å². The quantitative estimate of drug-likeness (QED) is 0.395. The SMILES string of the molecule is C=CCBr.[C-]1=CC=CC1.[CH3-].[Zr+2]. The molecular formula is C9H13BrZr. The number of alkyl halides is 1. The summed E-state index contributed by atoms with van der Waals surface area (Å²) in [6, 6.07) is 0. The first-order valence-corrected chi connectivity index (χ1v) is 3.92. The van der Waals surface area contributed by atoms with Crippen LogP contribution in [0.25, 0.3) is 0 Å². The topological polar surface area (TPSA) is 0 Å². The van der Waals surface area contributed by atoms with Gasteiger partial charge in [-0.3, -0.25) is 6.08 Å². The van der Waals surface area contributed by atoms with Gasteiger partial charge in [0.2, 0.25) is 0 Å². The van der Waals surface area contributed by atoms with Crippen molar-refractivity contribution in [3.8, 4) is 0 Å². The molecule has 1 aliphatic rings. The number of hydrogen-bond donors (Lipinski definition) is 0. The second-order valence-corrected chi connectivity index (χ2v) is 2.09. The van der Waals surface area contributed by atoms with Crippen molar-refractivity contribution in [2.75, 3.05) is 5.33 Å². The predicted octanol–water partition coefficient (Wildman–Crippen LogP) is 3.32. The van der Waals surface area contributed by atoms with E-state index in [0.717, 1.165) is 11.8 Å². The van der Waals surface area contributed by atoms with Crippen molar-refractivity contribution in [2.45, 2.75) is 6.42 Å². The van der Waals surface area contributed by atoms with Gasteiger partial charge in [-0.2, -0.15) is 6.08 Å². The van der Waals surface area contributed by atoms with E-state index in [-0.39, 0.29) is 33.6 Å². The van der Waals surface area contributed by atoms with Gasteiger partial charge < -0.3 is 7.43 Å². The molecule has 0 atom stereocenters. The maximum atomic E-state index is 3.43. The third-order valence-electron chi connectivity index (χ3n) is 0.695. The van der Waals surface area contributed by atoms with Crippen LogP contribution in [0, 0.1) is 13.5 Å². The van der Waals surface area contributed by atoms with Crippen molar-refractivity contribution in [1.82, 2.24) is 0 Å². The average molecular weight is 292 g/mol. The Hall–Kier alpha value is 0.583. The summed E-state index contributed by atoms with van der Waals surface area (Å²) in [5, 5.41) is 0.896. The van der Waals surface area contributed by atoms with Crippen LogP contribution in [0.3, 0.4) is 0 Å². The van der Waals surface area contributed by atoms with Gasteiger partial charge in [0.1, 0.15) is 0 Å². The van der Waals surface area contributed by atoms with Gasteiger partial charge in [0, 0.05) is 5.33 Å². The Morgan fingerprint density at radius 1 is 1.64 bits per heavy atom. The molecule has 0 aromatic carbocycles. The number of allylic oxidation sites excluding steroid dienone is 5. The summed E-state index contributed by atoms with van der Waals surface area (Å²) in [4.78, 5) is 0. The van der Waals surface area contributed by atoms with Gasteiger partial charge in [-0.1, -0.05) is 22.0 Å². The summed E-state index contributed by atoms with van der Waals surface area (Å²) < 4.78 is 0. The molecule has 0 aromatic heterocycles. The standard InChI is InChI=1S/C5H5.C3H5Br.CH3.Zr/c1-2-4-5-3-1;1-2-3-4;;/h1-3H,4H2;2H,1,3H2;1H3;/q-1;;-1;+2. The number of rotatable bonds is 1. The molecular weight excluding hydrogens is 279 g/mol. The van der Waals surface area contributed by atoms with Gasteiger partial charge >= 0.3 is 26.2 Å². The van der Waals surface area contributed by atoms with E-state index in [1.165, 1.54) is 0 Å². The molecule has 0 aromatic rings. The molecule has 0 spiro atoms. The van der Waals surface area contributed by atoms with Crippen molar-refractivity contribution >= 4 is 15.9 Å². The monoisotopic (exact) mass is 290 g/mol. The first kappa shape index (κ1) is 17.6. The van der Waals surface area contributed by atoms with Crippen LogP contribution >= 0.6 is 15.9 Å². The minimum atomic E-state index is 0. The smallest absolute Gasteiger partial charge is 0.358 e. The summed E-state index contributed by atoms with van der Waals surface area (Å²) in [5.74, 6) is 0. The van der Waals surface area contributed by atoms with Crippen LogP contribution in [-0.2, 0) is 26.2 Å². The Balaban J connectivity index is -0.000000101. The molecule has 60 valence electrons. The average Bonchev–Trinajstić information content (AvgIpc) is 2.43. The Morgan fingerprint density at radius 2 is 2.18 bits per heavy atom. The van der Waals surface area contributed by atoms with E-state index in [0.29, 0.717) is 0 Å². The number of hydrogen-bond acceptors (Lipinski definition) is 0. The maximum absolute atomic E-state index is 3.43. The van der Waals surface area contributed by atoms with Crippen LogP contribution in [-0.4, -0.2) is 5.33 Å². The molecule has 0 heterocycles. The Labute approximate surface area is 97.7 Å². The van der Waals surface area contributed by atoms with Crippen molar-refractivity contribution in [3.63, 3.8) is 0 Å². The first-order chi connectivity index (χ1) is 4.41. The molecule has 0 saturated heterocycles. The van der Waals surface area contributed by atoms with Crippen LogP contribution in [0.5, 0.6) is 0 Å². The minimum absolute atomic E-state index is 0. The zero-order valence-corrected chi connectivity index (χ0v) is 10.9. The van der Waals surface area contributed by atoms with Gasteiger partial charge in [-0.05, 0) is 0 Å².